The fraction of sp³-hybridized carbons (Fsp3) is 0.222. The van der Waals surface area contributed by atoms with Crippen molar-refractivity contribution < 1.29 is 0 Å². The highest BCUT2D eigenvalue weighted by molar-refractivity contribution is 5.61. The molecular formula is C18H16. The topological polar surface area (TPSA) is 0 Å². The highest BCUT2D eigenvalue weighted by Crippen LogP contribution is 2.38. The smallest absolute Gasteiger partial charge is 0.00953 e. The zero-order valence-electron chi connectivity index (χ0n) is 10.4. The third-order valence-corrected chi connectivity index (χ3v) is 4.34. The fourth-order valence-electron chi connectivity index (χ4n) is 3.40. The molecule has 0 unspecified atom stereocenters. The number of hydrogen-bond donors (Lipinski definition) is 0. The van der Waals surface area contributed by atoms with Crippen molar-refractivity contribution in [3.8, 4) is 0 Å². The van der Waals surface area contributed by atoms with Gasteiger partial charge in [-0.3, -0.25) is 0 Å². The monoisotopic (exact) mass is 232 g/mol. The van der Waals surface area contributed by atoms with E-state index >= 15 is 0 Å². The summed E-state index contributed by atoms with van der Waals surface area (Å²) >= 11 is 0. The normalized spacial score (nSPS) is 19.9. The van der Waals surface area contributed by atoms with Gasteiger partial charge in [0, 0.05) is 5.92 Å². The number of benzene rings is 2. The molecule has 0 aliphatic heterocycles. The molecule has 2 aliphatic rings. The molecule has 0 heterocycles. The summed E-state index contributed by atoms with van der Waals surface area (Å²) in [6, 6.07) is 15.9. The quantitative estimate of drug-likeness (QED) is 0.686. The van der Waals surface area contributed by atoms with Crippen LogP contribution in [0.3, 0.4) is 0 Å². The Hall–Kier alpha value is -1.82. The van der Waals surface area contributed by atoms with Crippen LogP contribution in [0.2, 0.25) is 0 Å². The van der Waals surface area contributed by atoms with E-state index in [1.54, 1.807) is 11.1 Å². The second kappa shape index (κ2) is 3.84. The van der Waals surface area contributed by atoms with Crippen LogP contribution in [0, 0.1) is 0 Å². The van der Waals surface area contributed by atoms with Crippen molar-refractivity contribution in [2.75, 3.05) is 0 Å². The van der Waals surface area contributed by atoms with Crippen LogP contribution in [-0.2, 0) is 12.8 Å². The molecule has 0 fully saturated rings. The zero-order valence-corrected chi connectivity index (χ0v) is 10.4. The van der Waals surface area contributed by atoms with E-state index in [0.29, 0.717) is 5.92 Å². The molecule has 1 atom stereocenters. The SMILES string of the molecule is C1=Cc2ccc([C@H]3CCc4ccccc43)cc2C1. The molecule has 2 aromatic rings. The van der Waals surface area contributed by atoms with E-state index in [0.717, 1.165) is 6.42 Å². The molecular weight excluding hydrogens is 216 g/mol. The number of allylic oxidation sites excluding steroid dienone is 1. The van der Waals surface area contributed by atoms with Crippen LogP contribution >= 0.6 is 0 Å². The van der Waals surface area contributed by atoms with E-state index in [-0.39, 0.29) is 0 Å². The average molecular weight is 232 g/mol. The first-order valence-electron chi connectivity index (χ1n) is 6.79. The van der Waals surface area contributed by atoms with E-state index in [1.807, 2.05) is 0 Å². The summed E-state index contributed by atoms with van der Waals surface area (Å²) in [5, 5.41) is 0. The fourth-order valence-corrected chi connectivity index (χ4v) is 3.40. The summed E-state index contributed by atoms with van der Waals surface area (Å²) in [6.07, 6.45) is 8.11. The van der Waals surface area contributed by atoms with Crippen LogP contribution in [0.4, 0.5) is 0 Å². The van der Waals surface area contributed by atoms with Gasteiger partial charge in [0.15, 0.2) is 0 Å². The second-order valence-corrected chi connectivity index (χ2v) is 5.35. The van der Waals surface area contributed by atoms with E-state index in [9.17, 15) is 0 Å². The highest BCUT2D eigenvalue weighted by Gasteiger charge is 2.23. The minimum absolute atomic E-state index is 0.618. The lowest BCUT2D eigenvalue weighted by Crippen LogP contribution is -1.97. The van der Waals surface area contributed by atoms with Crippen molar-refractivity contribution >= 4 is 6.08 Å². The maximum absolute atomic E-state index is 2.42. The van der Waals surface area contributed by atoms with Crippen LogP contribution in [0.25, 0.3) is 6.08 Å². The molecule has 0 nitrogen and oxygen atoms in total. The maximum atomic E-state index is 2.42. The predicted molar refractivity (Wildman–Crippen MR) is 75.8 cm³/mol. The van der Waals surface area contributed by atoms with Gasteiger partial charge in [-0.25, -0.2) is 0 Å². The molecule has 0 saturated carbocycles. The number of hydrogen-bond acceptors (Lipinski definition) is 0. The summed E-state index contributed by atoms with van der Waals surface area (Å²) in [6.45, 7) is 0. The molecule has 0 N–H and O–H groups in total. The Balaban J connectivity index is 1.77. The van der Waals surface area contributed by atoms with E-state index < -0.39 is 0 Å². The summed E-state index contributed by atoms with van der Waals surface area (Å²) in [5.74, 6) is 0.618. The lowest BCUT2D eigenvalue weighted by Gasteiger charge is -2.13. The van der Waals surface area contributed by atoms with Crippen molar-refractivity contribution in [1.29, 1.82) is 0 Å². The summed E-state index contributed by atoms with van der Waals surface area (Å²) in [4.78, 5) is 0. The zero-order chi connectivity index (χ0) is 11.9. The Kier molecular flexibility index (Phi) is 2.16. The molecule has 0 saturated heterocycles. The maximum Gasteiger partial charge on any atom is 0.00953 e. The molecule has 2 aromatic carbocycles. The van der Waals surface area contributed by atoms with Crippen LogP contribution in [0.1, 0.15) is 40.2 Å². The molecule has 0 spiro atoms. The molecule has 0 heteroatoms. The standard InChI is InChI=1S/C18H16/c1-2-7-17-14(4-1)10-11-18(17)16-9-8-13-5-3-6-15(13)12-16/h1-5,7-9,12,18H,6,10-11H2/t18-/m1/s1. The van der Waals surface area contributed by atoms with Gasteiger partial charge in [-0.2, -0.15) is 0 Å². The molecule has 0 bridgehead atoms. The predicted octanol–water partition coefficient (Wildman–Crippen LogP) is 4.33. The van der Waals surface area contributed by atoms with Crippen LogP contribution in [-0.4, -0.2) is 0 Å². The van der Waals surface area contributed by atoms with Gasteiger partial charge in [0.2, 0.25) is 0 Å². The number of fused-ring (bicyclic) bond motifs is 2. The Labute approximate surface area is 108 Å². The Morgan fingerprint density at radius 3 is 2.89 bits per heavy atom. The highest BCUT2D eigenvalue weighted by atomic mass is 14.3. The minimum atomic E-state index is 0.618. The van der Waals surface area contributed by atoms with Crippen molar-refractivity contribution in [2.24, 2.45) is 0 Å². The molecule has 0 radical (unpaired) electrons. The molecule has 0 aromatic heterocycles. The van der Waals surface area contributed by atoms with E-state index in [1.165, 1.54) is 29.5 Å². The van der Waals surface area contributed by atoms with E-state index in [2.05, 4.69) is 54.6 Å². The lowest BCUT2D eigenvalue weighted by atomic mass is 9.91. The van der Waals surface area contributed by atoms with Crippen molar-refractivity contribution in [1.82, 2.24) is 0 Å². The summed E-state index contributed by atoms with van der Waals surface area (Å²) in [7, 11) is 0. The van der Waals surface area contributed by atoms with E-state index in [4.69, 9.17) is 0 Å². The molecule has 4 rings (SSSR count). The van der Waals surface area contributed by atoms with Gasteiger partial charge in [0.1, 0.15) is 0 Å². The van der Waals surface area contributed by atoms with Gasteiger partial charge in [-0.15, -0.1) is 0 Å². The van der Waals surface area contributed by atoms with Crippen molar-refractivity contribution in [2.45, 2.75) is 25.2 Å². The molecule has 0 amide bonds. The Bertz CT molecular complexity index is 634. The molecule has 2 aliphatic carbocycles. The number of aryl methyl sites for hydroxylation is 1. The largest absolute Gasteiger partial charge is 0.0795 e. The van der Waals surface area contributed by atoms with Crippen molar-refractivity contribution in [3.05, 3.63) is 76.4 Å². The Morgan fingerprint density at radius 2 is 1.89 bits per heavy atom. The average Bonchev–Trinajstić information content (AvgIpc) is 3.04. The third-order valence-electron chi connectivity index (χ3n) is 4.34. The first kappa shape index (κ1) is 10.1. The third kappa shape index (κ3) is 1.45. The lowest BCUT2D eigenvalue weighted by molar-refractivity contribution is 0.787. The second-order valence-electron chi connectivity index (χ2n) is 5.35. The summed E-state index contributed by atoms with van der Waals surface area (Å²) in [5.41, 5.74) is 7.49. The van der Waals surface area contributed by atoms with Gasteiger partial charge < -0.3 is 0 Å². The van der Waals surface area contributed by atoms with Crippen LogP contribution in [0.15, 0.2) is 48.5 Å². The molecule has 88 valence electrons. The number of rotatable bonds is 1. The van der Waals surface area contributed by atoms with Gasteiger partial charge in [-0.1, -0.05) is 54.6 Å². The Morgan fingerprint density at radius 1 is 0.944 bits per heavy atom. The first-order chi connectivity index (χ1) is 8.92. The van der Waals surface area contributed by atoms with Crippen LogP contribution < -0.4 is 0 Å². The van der Waals surface area contributed by atoms with Gasteiger partial charge in [0.05, 0.1) is 0 Å². The first-order valence-corrected chi connectivity index (χ1v) is 6.79. The minimum Gasteiger partial charge on any atom is -0.0795 e. The van der Waals surface area contributed by atoms with Crippen molar-refractivity contribution in [3.63, 3.8) is 0 Å². The molecule has 18 heavy (non-hydrogen) atoms. The summed E-state index contributed by atoms with van der Waals surface area (Å²) < 4.78 is 0. The van der Waals surface area contributed by atoms with Crippen LogP contribution in [0.5, 0.6) is 0 Å². The van der Waals surface area contributed by atoms with Gasteiger partial charge in [-0.05, 0) is 47.1 Å². The van der Waals surface area contributed by atoms with Gasteiger partial charge in [0.25, 0.3) is 0 Å². The van der Waals surface area contributed by atoms with Gasteiger partial charge >= 0.3 is 0 Å².